The molecule has 0 spiro atoms. The maximum atomic E-state index is 6.94. The third kappa shape index (κ3) is 12.2. The van der Waals surface area contributed by atoms with Crippen LogP contribution in [-0.4, -0.2) is 28.1 Å². The standard InChI is InChI=1S/C13H14N.C4H10N.C2H6Si.2ClH.Ti/c1-2-6-12-11(5-1)7-8-13(12)14-9-3-4-10-14;1-4(2,3)5;1-3-2;;;/h1-2,5-8H,3-4,9-10H2;5H,1-3H3;1-2H3;2*1H;/q2*-1;;;;+2/p-2. The molecule has 1 aliphatic rings. The zero-order chi connectivity index (χ0) is 19.3. The van der Waals surface area contributed by atoms with Gasteiger partial charge in [0.05, 0.1) is 0 Å². The van der Waals surface area contributed by atoms with Gasteiger partial charge in [0, 0.05) is 22.6 Å². The number of nitrogens with zero attached hydrogens (tertiary/aromatic N) is 1. The summed E-state index contributed by atoms with van der Waals surface area (Å²) in [5.74, 6) is 0. The van der Waals surface area contributed by atoms with Gasteiger partial charge in [-0.3, -0.25) is 0 Å². The van der Waals surface area contributed by atoms with Crippen molar-refractivity contribution in [3.05, 3.63) is 42.1 Å². The van der Waals surface area contributed by atoms with E-state index < -0.39 is 17.0 Å². The molecule has 1 N–H and O–H groups in total. The van der Waals surface area contributed by atoms with Crippen molar-refractivity contribution in [2.75, 3.05) is 18.0 Å². The molecule has 2 nitrogen and oxygen atoms in total. The predicted molar refractivity (Wildman–Crippen MR) is 114 cm³/mol. The molecule has 1 saturated heterocycles. The summed E-state index contributed by atoms with van der Waals surface area (Å²) in [4.78, 5) is 2.50. The average Bonchev–Trinajstić information content (AvgIpc) is 3.16. The Morgan fingerprint density at radius 2 is 1.56 bits per heavy atom. The van der Waals surface area contributed by atoms with E-state index in [0.717, 1.165) is 9.52 Å². The predicted octanol–water partition coefficient (Wildman–Crippen LogP) is 7.16. The van der Waals surface area contributed by atoms with E-state index in [2.05, 4.69) is 54.4 Å². The first-order chi connectivity index (χ1) is 11.8. The molecule has 0 amide bonds. The molecule has 1 heterocycles. The second-order valence-electron chi connectivity index (χ2n) is 6.82. The summed E-state index contributed by atoms with van der Waals surface area (Å²) >= 11 is -0.556. The molecule has 2 aromatic carbocycles. The van der Waals surface area contributed by atoms with Gasteiger partial charge in [0.2, 0.25) is 0 Å². The molecule has 1 fully saturated rings. The van der Waals surface area contributed by atoms with Crippen molar-refractivity contribution < 1.29 is 17.0 Å². The molecule has 3 rings (SSSR count). The summed E-state index contributed by atoms with van der Waals surface area (Å²) in [6, 6.07) is 13.1. The van der Waals surface area contributed by atoms with Crippen LogP contribution in [0.2, 0.25) is 13.1 Å². The molecule has 0 saturated carbocycles. The van der Waals surface area contributed by atoms with Gasteiger partial charge in [-0.25, -0.2) is 0 Å². The van der Waals surface area contributed by atoms with Crippen LogP contribution in [0.4, 0.5) is 5.69 Å². The van der Waals surface area contributed by atoms with E-state index in [-0.39, 0.29) is 5.54 Å². The van der Waals surface area contributed by atoms with Gasteiger partial charge < -0.3 is 10.6 Å². The van der Waals surface area contributed by atoms with E-state index in [1.165, 1.54) is 42.4 Å². The van der Waals surface area contributed by atoms with Crippen LogP contribution >= 0.6 is 18.6 Å². The molecule has 0 aromatic heterocycles. The zero-order valence-corrected chi connectivity index (χ0v) is 20.1. The third-order valence-corrected chi connectivity index (χ3v) is 3.10. The first kappa shape index (κ1) is 25.1. The van der Waals surface area contributed by atoms with Crippen LogP contribution in [0.15, 0.2) is 36.4 Å². The van der Waals surface area contributed by atoms with Crippen LogP contribution in [-0.2, 0) is 17.0 Å². The van der Waals surface area contributed by atoms with E-state index in [9.17, 15) is 0 Å². The molecule has 25 heavy (non-hydrogen) atoms. The number of nitrogens with one attached hydrogen (secondary N) is 1. The second kappa shape index (κ2) is 14.2. The van der Waals surface area contributed by atoms with Crippen LogP contribution in [0, 0.1) is 0 Å². The first-order valence-corrected chi connectivity index (χ1v) is 14.8. The molecule has 140 valence electrons. The van der Waals surface area contributed by atoms with Gasteiger partial charge in [-0.2, -0.15) is 0 Å². The van der Waals surface area contributed by atoms with Crippen LogP contribution in [0.5, 0.6) is 0 Å². The van der Waals surface area contributed by atoms with Gasteiger partial charge in [-0.15, -0.1) is 46.6 Å². The van der Waals surface area contributed by atoms with Crippen molar-refractivity contribution in [2.45, 2.75) is 52.2 Å². The summed E-state index contributed by atoms with van der Waals surface area (Å²) in [6.45, 7) is 12.3. The Morgan fingerprint density at radius 3 is 2.04 bits per heavy atom. The Balaban J connectivity index is 0.000000441. The fraction of sp³-hybridized carbons (Fsp3) is 0.526. The minimum Gasteiger partial charge on any atom is -0.417 e. The number of hydrogen-bond donors (Lipinski definition) is 0. The maximum absolute atomic E-state index is 6.94. The zero-order valence-electron chi connectivity index (χ0n) is 16.0. The Kier molecular flexibility index (Phi) is 14.3. The fourth-order valence-electron chi connectivity index (χ4n) is 2.37. The largest absolute Gasteiger partial charge is 0.417 e. The molecule has 0 unspecified atom stereocenters. The van der Waals surface area contributed by atoms with E-state index in [0.29, 0.717) is 0 Å². The molecular weight excluding hydrogens is 403 g/mol. The van der Waals surface area contributed by atoms with Gasteiger partial charge >= 0.3 is 35.6 Å². The quantitative estimate of drug-likeness (QED) is 0.346. The SMILES string of the molecule is CC(C)(C)[NH-].C[Si]C.[Cl][Ti][Cl].c1ccc2c(N3CCCC3)c[cH-]c2c1. The average molecular weight is 433 g/mol. The Hall–Kier alpha value is 0.101. The molecular formula is C19H30Cl2N2SiTi-2. The minimum absolute atomic E-state index is 0.250. The Bertz CT molecular complexity index is 556. The minimum atomic E-state index is -0.556. The smallest absolute Gasteiger partial charge is 0.00815 e. The molecule has 2 radical (unpaired) electrons. The number of rotatable bonds is 1. The van der Waals surface area contributed by atoms with E-state index in [1.54, 1.807) is 0 Å². The number of benzene rings is 1. The van der Waals surface area contributed by atoms with Gasteiger partial charge in [0.1, 0.15) is 0 Å². The maximum Gasteiger partial charge on any atom is 0.00815 e. The normalized spacial score (nSPS) is 13.0. The number of anilines is 1. The first-order valence-electron chi connectivity index (χ1n) is 8.47. The van der Waals surface area contributed by atoms with Gasteiger partial charge in [0.15, 0.2) is 0 Å². The van der Waals surface area contributed by atoms with E-state index in [1.807, 2.05) is 20.8 Å². The summed E-state index contributed by atoms with van der Waals surface area (Å²) in [5, 5.41) is 2.78. The third-order valence-electron chi connectivity index (χ3n) is 3.10. The summed E-state index contributed by atoms with van der Waals surface area (Å²) in [7, 11) is 10.9. The van der Waals surface area contributed by atoms with Crippen molar-refractivity contribution >= 4 is 44.6 Å². The molecule has 0 bridgehead atoms. The molecule has 0 atom stereocenters. The van der Waals surface area contributed by atoms with Crippen LogP contribution in [0.1, 0.15) is 33.6 Å². The van der Waals surface area contributed by atoms with Gasteiger partial charge in [-0.1, -0.05) is 45.6 Å². The van der Waals surface area contributed by atoms with Crippen molar-refractivity contribution in [1.82, 2.24) is 0 Å². The summed E-state index contributed by atoms with van der Waals surface area (Å²) in [5.41, 5.74) is 8.12. The topological polar surface area (TPSA) is 27.0 Å². The van der Waals surface area contributed by atoms with Gasteiger partial charge in [0.25, 0.3) is 0 Å². The number of hydrogen-bond acceptors (Lipinski definition) is 1. The van der Waals surface area contributed by atoms with Crippen molar-refractivity contribution in [2.24, 2.45) is 0 Å². The van der Waals surface area contributed by atoms with Crippen LogP contribution < -0.4 is 4.90 Å². The molecule has 0 aliphatic carbocycles. The van der Waals surface area contributed by atoms with Crippen molar-refractivity contribution in [1.29, 1.82) is 0 Å². The van der Waals surface area contributed by atoms with Crippen LogP contribution in [0.3, 0.4) is 0 Å². The van der Waals surface area contributed by atoms with Gasteiger partial charge in [-0.05, 0) is 12.8 Å². The Morgan fingerprint density at radius 1 is 1.12 bits per heavy atom. The van der Waals surface area contributed by atoms with Crippen molar-refractivity contribution in [3.8, 4) is 0 Å². The summed E-state index contributed by atoms with van der Waals surface area (Å²) in [6.07, 6.45) is 2.69. The molecule has 6 heteroatoms. The second-order valence-corrected chi connectivity index (χ2v) is 10.4. The van der Waals surface area contributed by atoms with Crippen molar-refractivity contribution in [3.63, 3.8) is 0 Å². The van der Waals surface area contributed by atoms with E-state index in [4.69, 9.17) is 24.3 Å². The molecule has 1 aliphatic heterocycles. The molecule has 2 aromatic rings. The summed E-state index contributed by atoms with van der Waals surface area (Å²) < 4.78 is 0. The number of halogens is 2. The number of fused-ring (bicyclic) bond motifs is 1. The monoisotopic (exact) mass is 432 g/mol. The van der Waals surface area contributed by atoms with Crippen LogP contribution in [0.25, 0.3) is 16.5 Å². The van der Waals surface area contributed by atoms with E-state index >= 15 is 0 Å². The fourth-order valence-corrected chi connectivity index (χ4v) is 2.37. The Labute approximate surface area is 173 Å².